The number of rotatable bonds is 5. The van der Waals surface area contributed by atoms with E-state index >= 15 is 0 Å². The summed E-state index contributed by atoms with van der Waals surface area (Å²) >= 11 is 0. The van der Waals surface area contributed by atoms with E-state index in [0.717, 1.165) is 5.01 Å². The van der Waals surface area contributed by atoms with Crippen molar-refractivity contribution < 1.29 is 44.4 Å². The topological polar surface area (TPSA) is 111 Å². The van der Waals surface area contributed by atoms with Gasteiger partial charge >= 0.3 is 29.6 Å². The fraction of sp³-hybridized carbons (Fsp3) is 0.222. The zero-order chi connectivity index (χ0) is 12.8. The molecule has 0 aromatic heterocycles. The van der Waals surface area contributed by atoms with Gasteiger partial charge in [0.05, 0.1) is 17.4 Å². The van der Waals surface area contributed by atoms with Gasteiger partial charge in [0.15, 0.2) is 5.69 Å². The zero-order valence-electron chi connectivity index (χ0n) is 9.94. The fourth-order valence-corrected chi connectivity index (χ4v) is 1.05. The molecule has 18 heavy (non-hydrogen) atoms. The van der Waals surface area contributed by atoms with Crippen LogP contribution >= 0.6 is 0 Å². The number of benzene rings is 1. The van der Waals surface area contributed by atoms with Crippen LogP contribution in [-0.2, 0) is 4.79 Å². The number of carboxylic acids is 1. The molecule has 0 N–H and O–H groups in total. The molecule has 0 radical (unpaired) electrons. The quantitative estimate of drug-likeness (QED) is 0.247. The van der Waals surface area contributed by atoms with Crippen LogP contribution in [0.2, 0.25) is 0 Å². The summed E-state index contributed by atoms with van der Waals surface area (Å²) in [5, 5.41) is 29.0. The second-order valence-corrected chi connectivity index (χ2v) is 3.12. The standard InChI is InChI=1S/C9H10N4O4.Na/c1-12(6-9(14)15)11-10-7-4-2-3-5-8(7)13(16)17;/h2-5H,6H2,1H3,(H,14,15);/q;+1/p-1. The Hall–Kier alpha value is -1.51. The smallest absolute Gasteiger partial charge is 0.548 e. The van der Waals surface area contributed by atoms with Crippen LogP contribution < -0.4 is 34.7 Å². The molecule has 1 rings (SSSR count). The molecule has 0 aliphatic heterocycles. The third-order valence-corrected chi connectivity index (χ3v) is 1.74. The number of hydrogen-bond donors (Lipinski definition) is 0. The largest absolute Gasteiger partial charge is 1.00 e. The monoisotopic (exact) mass is 260 g/mol. The Kier molecular flexibility index (Phi) is 7.10. The van der Waals surface area contributed by atoms with E-state index in [4.69, 9.17) is 0 Å². The van der Waals surface area contributed by atoms with E-state index in [9.17, 15) is 20.0 Å². The van der Waals surface area contributed by atoms with Gasteiger partial charge in [-0.3, -0.25) is 15.1 Å². The molecular formula is C9H9N4NaO4. The van der Waals surface area contributed by atoms with Gasteiger partial charge in [0.1, 0.15) is 0 Å². The molecular weight excluding hydrogens is 251 g/mol. The Morgan fingerprint density at radius 3 is 2.61 bits per heavy atom. The van der Waals surface area contributed by atoms with Crippen molar-refractivity contribution in [1.29, 1.82) is 0 Å². The molecule has 0 fully saturated rings. The molecule has 0 amide bonds. The van der Waals surface area contributed by atoms with Crippen LogP contribution in [0.25, 0.3) is 0 Å². The summed E-state index contributed by atoms with van der Waals surface area (Å²) in [5.74, 6) is -1.31. The normalized spacial score (nSPS) is 9.83. The predicted molar refractivity (Wildman–Crippen MR) is 55.2 cm³/mol. The van der Waals surface area contributed by atoms with Gasteiger partial charge < -0.3 is 9.90 Å². The van der Waals surface area contributed by atoms with Gasteiger partial charge in [-0.2, -0.15) is 0 Å². The average molecular weight is 260 g/mol. The Morgan fingerprint density at radius 2 is 2.06 bits per heavy atom. The summed E-state index contributed by atoms with van der Waals surface area (Å²) in [6, 6.07) is 5.77. The summed E-state index contributed by atoms with van der Waals surface area (Å²) in [6.45, 7) is -0.440. The van der Waals surface area contributed by atoms with Gasteiger partial charge in [-0.1, -0.05) is 17.4 Å². The third-order valence-electron chi connectivity index (χ3n) is 1.74. The van der Waals surface area contributed by atoms with Crippen molar-refractivity contribution in [3.63, 3.8) is 0 Å². The van der Waals surface area contributed by atoms with Crippen molar-refractivity contribution in [3.05, 3.63) is 34.4 Å². The first-order chi connectivity index (χ1) is 8.00. The first-order valence-corrected chi connectivity index (χ1v) is 4.56. The van der Waals surface area contributed by atoms with Crippen LogP contribution in [0.15, 0.2) is 34.6 Å². The van der Waals surface area contributed by atoms with E-state index in [-0.39, 0.29) is 40.9 Å². The van der Waals surface area contributed by atoms with Crippen LogP contribution in [0.1, 0.15) is 0 Å². The maximum absolute atomic E-state index is 10.6. The molecule has 0 aliphatic carbocycles. The van der Waals surface area contributed by atoms with Gasteiger partial charge in [-0.05, 0) is 6.07 Å². The van der Waals surface area contributed by atoms with Crippen LogP contribution in [0.5, 0.6) is 0 Å². The summed E-state index contributed by atoms with van der Waals surface area (Å²) in [5.41, 5.74) is -0.138. The molecule has 0 atom stereocenters. The van der Waals surface area contributed by atoms with E-state index in [2.05, 4.69) is 10.3 Å². The third kappa shape index (κ3) is 5.21. The number of carbonyl (C=O) groups excluding carboxylic acids is 1. The van der Waals surface area contributed by atoms with Crippen LogP contribution in [0.4, 0.5) is 11.4 Å². The van der Waals surface area contributed by atoms with Crippen LogP contribution in [0, 0.1) is 10.1 Å². The summed E-state index contributed by atoms with van der Waals surface area (Å²) < 4.78 is 0. The van der Waals surface area contributed by atoms with E-state index in [1.165, 1.54) is 25.2 Å². The number of nitrogens with zero attached hydrogens (tertiary/aromatic N) is 4. The number of carbonyl (C=O) groups is 1. The Balaban J connectivity index is 0.00000289. The number of nitro groups is 1. The number of carboxylic acid groups (broad SMARTS) is 1. The van der Waals surface area contributed by atoms with Gasteiger partial charge in [-0.25, -0.2) is 0 Å². The molecule has 0 saturated heterocycles. The SMILES string of the molecule is CN(CC(=O)[O-])N=Nc1ccccc1[N+](=O)[O-].[Na+]. The summed E-state index contributed by atoms with van der Waals surface area (Å²) in [6.07, 6.45) is 0. The van der Waals surface area contributed by atoms with Gasteiger partial charge in [-0.15, -0.1) is 5.11 Å². The van der Waals surface area contributed by atoms with E-state index < -0.39 is 17.4 Å². The number of para-hydroxylation sites is 1. The van der Waals surface area contributed by atoms with Gasteiger partial charge in [0.2, 0.25) is 0 Å². The second-order valence-electron chi connectivity index (χ2n) is 3.12. The molecule has 0 aliphatic rings. The minimum Gasteiger partial charge on any atom is -0.548 e. The molecule has 1 aromatic rings. The minimum absolute atomic E-state index is 0. The molecule has 0 bridgehead atoms. The van der Waals surface area contributed by atoms with Crippen molar-refractivity contribution in [3.8, 4) is 0 Å². The van der Waals surface area contributed by atoms with Crippen molar-refractivity contribution in [2.75, 3.05) is 13.6 Å². The van der Waals surface area contributed by atoms with Crippen molar-refractivity contribution in [1.82, 2.24) is 5.01 Å². The van der Waals surface area contributed by atoms with Gasteiger partial charge in [0, 0.05) is 13.1 Å². The Bertz CT molecular complexity index is 466. The first kappa shape index (κ1) is 16.5. The maximum atomic E-state index is 10.6. The second kappa shape index (κ2) is 7.75. The molecule has 90 valence electrons. The van der Waals surface area contributed by atoms with E-state index in [1.54, 1.807) is 6.07 Å². The number of nitro benzene ring substituents is 1. The van der Waals surface area contributed by atoms with E-state index in [1.807, 2.05) is 0 Å². The van der Waals surface area contributed by atoms with Gasteiger partial charge in [0.25, 0.3) is 5.69 Å². The number of hydrogen-bond acceptors (Lipinski definition) is 6. The molecule has 0 heterocycles. The van der Waals surface area contributed by atoms with Crippen LogP contribution in [-0.4, -0.2) is 29.5 Å². The number of likely N-dealkylation sites (N-methyl/N-ethyl adjacent to an activating group) is 1. The van der Waals surface area contributed by atoms with Crippen molar-refractivity contribution in [2.24, 2.45) is 10.3 Å². The molecule has 9 heteroatoms. The molecule has 8 nitrogen and oxygen atoms in total. The average Bonchev–Trinajstić information content (AvgIpc) is 2.25. The Morgan fingerprint density at radius 1 is 1.44 bits per heavy atom. The van der Waals surface area contributed by atoms with Crippen molar-refractivity contribution in [2.45, 2.75) is 0 Å². The number of aliphatic carboxylic acids is 1. The molecule has 0 spiro atoms. The summed E-state index contributed by atoms with van der Waals surface area (Å²) in [4.78, 5) is 20.3. The summed E-state index contributed by atoms with van der Waals surface area (Å²) in [7, 11) is 1.37. The first-order valence-electron chi connectivity index (χ1n) is 4.56. The molecule has 0 saturated carbocycles. The zero-order valence-corrected chi connectivity index (χ0v) is 11.9. The van der Waals surface area contributed by atoms with E-state index in [0.29, 0.717) is 0 Å². The fourth-order valence-electron chi connectivity index (χ4n) is 1.05. The van der Waals surface area contributed by atoms with Crippen LogP contribution in [0.3, 0.4) is 0 Å². The van der Waals surface area contributed by atoms with Crippen molar-refractivity contribution >= 4 is 17.3 Å². The minimum atomic E-state index is -1.31. The molecule has 0 unspecified atom stereocenters. The Labute approximate surface area is 125 Å². The predicted octanol–water partition coefficient (Wildman–Crippen LogP) is -2.72. The maximum Gasteiger partial charge on any atom is 1.00 e. The molecule has 1 aromatic carbocycles.